The molecule has 4 nitrogen and oxygen atoms in total. The maximum atomic E-state index is 4.47. The van der Waals surface area contributed by atoms with E-state index >= 15 is 0 Å². The Morgan fingerprint density at radius 3 is 2.47 bits per heavy atom. The summed E-state index contributed by atoms with van der Waals surface area (Å²) in [7, 11) is 0. The summed E-state index contributed by atoms with van der Waals surface area (Å²) >= 11 is 0. The minimum Gasteiger partial charge on any atom is -0.356 e. The van der Waals surface area contributed by atoms with Gasteiger partial charge in [-0.3, -0.25) is 4.98 Å². The molecule has 0 fully saturated rings. The van der Waals surface area contributed by atoms with Crippen LogP contribution >= 0.6 is 0 Å². The molecule has 0 saturated carbocycles. The summed E-state index contributed by atoms with van der Waals surface area (Å²) in [5.41, 5.74) is 0.995. The molecule has 0 unspecified atom stereocenters. The zero-order chi connectivity index (χ0) is 12.7. The van der Waals surface area contributed by atoms with Crippen LogP contribution < -0.4 is 10.2 Å². The fourth-order valence-electron chi connectivity index (χ4n) is 1.62. The fraction of sp³-hybridized carbons (Fsp3) is 0.692. The van der Waals surface area contributed by atoms with Gasteiger partial charge in [0.2, 0.25) is 0 Å². The number of aromatic nitrogens is 2. The first-order valence-corrected chi connectivity index (χ1v) is 6.46. The molecule has 17 heavy (non-hydrogen) atoms. The molecule has 1 rings (SSSR count). The molecule has 0 aliphatic rings. The Balaban J connectivity index is 2.59. The van der Waals surface area contributed by atoms with Crippen molar-refractivity contribution in [3.8, 4) is 0 Å². The van der Waals surface area contributed by atoms with Crippen LogP contribution in [0, 0.1) is 0 Å². The molecule has 1 aromatic rings. The monoisotopic (exact) mass is 236 g/mol. The van der Waals surface area contributed by atoms with Crippen LogP contribution in [0.2, 0.25) is 0 Å². The second-order valence-corrected chi connectivity index (χ2v) is 4.48. The lowest BCUT2D eigenvalue weighted by Gasteiger charge is -2.20. The van der Waals surface area contributed by atoms with Gasteiger partial charge in [0.25, 0.3) is 0 Å². The average Bonchev–Trinajstić information content (AvgIpc) is 2.34. The van der Waals surface area contributed by atoms with Crippen molar-refractivity contribution < 1.29 is 0 Å². The third-order valence-electron chi connectivity index (χ3n) is 2.58. The van der Waals surface area contributed by atoms with Crippen LogP contribution in [0.4, 0.5) is 5.82 Å². The highest BCUT2D eigenvalue weighted by molar-refractivity contribution is 5.35. The molecule has 1 heterocycles. The number of rotatable bonds is 7. The van der Waals surface area contributed by atoms with Gasteiger partial charge in [0.05, 0.1) is 18.1 Å². The molecule has 4 heteroatoms. The van der Waals surface area contributed by atoms with E-state index < -0.39 is 0 Å². The van der Waals surface area contributed by atoms with E-state index in [1.54, 1.807) is 0 Å². The normalized spacial score (nSPS) is 10.9. The number of hydrogen-bond donors (Lipinski definition) is 1. The van der Waals surface area contributed by atoms with Crippen LogP contribution in [0.5, 0.6) is 0 Å². The summed E-state index contributed by atoms with van der Waals surface area (Å²) in [6.07, 6.45) is 4.87. The van der Waals surface area contributed by atoms with Crippen molar-refractivity contribution in [2.24, 2.45) is 0 Å². The maximum Gasteiger partial charge on any atom is 0.147 e. The highest BCUT2D eigenvalue weighted by atomic mass is 15.2. The van der Waals surface area contributed by atoms with Crippen molar-refractivity contribution in [1.29, 1.82) is 0 Å². The van der Waals surface area contributed by atoms with Crippen LogP contribution in [0.1, 0.15) is 39.8 Å². The second kappa shape index (κ2) is 7.22. The molecule has 0 aromatic carbocycles. The van der Waals surface area contributed by atoms with Crippen molar-refractivity contribution in [1.82, 2.24) is 15.3 Å². The first-order valence-electron chi connectivity index (χ1n) is 6.46. The fourth-order valence-corrected chi connectivity index (χ4v) is 1.62. The second-order valence-electron chi connectivity index (χ2n) is 4.48. The first-order chi connectivity index (χ1) is 8.17. The molecule has 0 aliphatic heterocycles. The van der Waals surface area contributed by atoms with Gasteiger partial charge in [-0.2, -0.15) is 0 Å². The average molecular weight is 236 g/mol. The molecule has 0 spiro atoms. The Bertz CT molecular complexity index is 308. The van der Waals surface area contributed by atoms with Gasteiger partial charge >= 0.3 is 0 Å². The predicted octanol–water partition coefficient (Wildman–Crippen LogP) is 2.21. The summed E-state index contributed by atoms with van der Waals surface area (Å²) in [5, 5.41) is 3.33. The highest BCUT2D eigenvalue weighted by Crippen LogP contribution is 2.09. The van der Waals surface area contributed by atoms with E-state index in [4.69, 9.17) is 0 Å². The summed E-state index contributed by atoms with van der Waals surface area (Å²) in [5.74, 6) is 0.975. The zero-order valence-corrected chi connectivity index (χ0v) is 11.4. The minimum atomic E-state index is 0.476. The Morgan fingerprint density at radius 2 is 2.00 bits per heavy atom. The highest BCUT2D eigenvalue weighted by Gasteiger charge is 2.05. The van der Waals surface area contributed by atoms with Gasteiger partial charge in [-0.1, -0.05) is 20.8 Å². The van der Waals surface area contributed by atoms with Crippen LogP contribution in [0.25, 0.3) is 0 Å². The van der Waals surface area contributed by atoms with Gasteiger partial charge in [-0.25, -0.2) is 4.98 Å². The first kappa shape index (κ1) is 13.9. The molecule has 0 radical (unpaired) electrons. The summed E-state index contributed by atoms with van der Waals surface area (Å²) < 4.78 is 0. The standard InChI is InChI=1S/C13H24N4/c1-5-7-17(6-2)13-10-15-12(9-16-13)8-14-11(3)4/h9-11,14H,5-8H2,1-4H3. The molecule has 0 amide bonds. The quantitative estimate of drug-likeness (QED) is 0.788. The van der Waals surface area contributed by atoms with Gasteiger partial charge in [0, 0.05) is 25.7 Å². The number of nitrogens with one attached hydrogen (secondary N) is 1. The van der Waals surface area contributed by atoms with Gasteiger partial charge in [-0.05, 0) is 13.3 Å². The molecule has 1 N–H and O–H groups in total. The molecule has 1 aromatic heterocycles. The Kier molecular flexibility index (Phi) is 5.91. The van der Waals surface area contributed by atoms with Gasteiger partial charge in [0.15, 0.2) is 0 Å². The Morgan fingerprint density at radius 1 is 1.24 bits per heavy atom. The van der Waals surface area contributed by atoms with Crippen molar-refractivity contribution in [3.63, 3.8) is 0 Å². The molecule has 96 valence electrons. The van der Waals surface area contributed by atoms with Crippen molar-refractivity contribution in [2.45, 2.75) is 46.7 Å². The summed E-state index contributed by atoms with van der Waals surface area (Å²) in [4.78, 5) is 11.1. The van der Waals surface area contributed by atoms with E-state index in [-0.39, 0.29) is 0 Å². The number of hydrogen-bond acceptors (Lipinski definition) is 4. The van der Waals surface area contributed by atoms with Gasteiger partial charge < -0.3 is 10.2 Å². The summed E-state index contributed by atoms with van der Waals surface area (Å²) in [6.45, 7) is 11.4. The molecule has 0 bridgehead atoms. The SMILES string of the molecule is CCCN(CC)c1cnc(CNC(C)C)cn1. The molecule has 0 saturated heterocycles. The third kappa shape index (κ3) is 4.69. The van der Waals surface area contributed by atoms with Gasteiger partial charge in [-0.15, -0.1) is 0 Å². The number of nitrogens with zero attached hydrogens (tertiary/aromatic N) is 3. The Hall–Kier alpha value is -1.16. The van der Waals surface area contributed by atoms with Crippen LogP contribution in [0.3, 0.4) is 0 Å². The Labute approximate surface area is 104 Å². The van der Waals surface area contributed by atoms with Crippen LogP contribution in [-0.2, 0) is 6.54 Å². The minimum absolute atomic E-state index is 0.476. The number of anilines is 1. The van der Waals surface area contributed by atoms with Crippen molar-refractivity contribution >= 4 is 5.82 Å². The van der Waals surface area contributed by atoms with E-state index in [1.165, 1.54) is 0 Å². The topological polar surface area (TPSA) is 41.1 Å². The van der Waals surface area contributed by atoms with Crippen molar-refractivity contribution in [3.05, 3.63) is 18.1 Å². The van der Waals surface area contributed by atoms with Crippen LogP contribution in [0.15, 0.2) is 12.4 Å². The lowest BCUT2D eigenvalue weighted by molar-refractivity contribution is 0.580. The summed E-state index contributed by atoms with van der Waals surface area (Å²) in [6, 6.07) is 0.476. The van der Waals surface area contributed by atoms with E-state index in [1.807, 2.05) is 12.4 Å². The lowest BCUT2D eigenvalue weighted by atomic mass is 10.3. The lowest BCUT2D eigenvalue weighted by Crippen LogP contribution is -2.25. The van der Waals surface area contributed by atoms with E-state index in [0.717, 1.165) is 37.6 Å². The molecular formula is C13H24N4. The smallest absolute Gasteiger partial charge is 0.147 e. The predicted molar refractivity (Wildman–Crippen MR) is 72.2 cm³/mol. The largest absolute Gasteiger partial charge is 0.356 e. The van der Waals surface area contributed by atoms with Crippen molar-refractivity contribution in [2.75, 3.05) is 18.0 Å². The zero-order valence-electron chi connectivity index (χ0n) is 11.4. The third-order valence-corrected chi connectivity index (χ3v) is 2.58. The van der Waals surface area contributed by atoms with Crippen LogP contribution in [-0.4, -0.2) is 29.1 Å². The van der Waals surface area contributed by atoms with E-state index in [9.17, 15) is 0 Å². The molecule has 0 aliphatic carbocycles. The molecule has 0 atom stereocenters. The van der Waals surface area contributed by atoms with E-state index in [2.05, 4.69) is 47.9 Å². The van der Waals surface area contributed by atoms with E-state index in [0.29, 0.717) is 6.04 Å². The maximum absolute atomic E-state index is 4.47. The molecular weight excluding hydrogens is 212 g/mol. The van der Waals surface area contributed by atoms with Gasteiger partial charge in [0.1, 0.15) is 5.82 Å².